The number of guanidine groups is 1. The van der Waals surface area contributed by atoms with Gasteiger partial charge in [0.15, 0.2) is 5.96 Å². The largest absolute Gasteiger partial charge is 0.491 e. The molecule has 3 N–H and O–H groups in total. The summed E-state index contributed by atoms with van der Waals surface area (Å²) in [4.78, 5) is 16.5. The molecule has 0 aliphatic carbocycles. The number of aryl methyl sites for hydroxylation is 1. The molecule has 0 atom stereocenters. The van der Waals surface area contributed by atoms with Gasteiger partial charge >= 0.3 is 0 Å². The molecule has 0 unspecified atom stereocenters. The lowest BCUT2D eigenvalue weighted by Crippen LogP contribution is -2.36. The number of amides is 1. The summed E-state index contributed by atoms with van der Waals surface area (Å²) in [5.41, 5.74) is 3.96. The average molecular weight is 538 g/mol. The van der Waals surface area contributed by atoms with Gasteiger partial charge in [0.2, 0.25) is 0 Å². The number of halogens is 1. The lowest BCUT2D eigenvalue weighted by atomic mass is 10.1. The summed E-state index contributed by atoms with van der Waals surface area (Å²) in [7, 11) is 0. The van der Waals surface area contributed by atoms with Crippen LogP contribution in [0.5, 0.6) is 5.75 Å². The number of nitrogens with one attached hydrogen (secondary N) is 3. The minimum absolute atomic E-state index is 0. The number of hydrogen-bond donors (Lipinski definition) is 3. The van der Waals surface area contributed by atoms with Crippen LogP contribution >= 0.6 is 24.0 Å². The highest BCUT2D eigenvalue weighted by Crippen LogP contribution is 2.21. The van der Waals surface area contributed by atoms with Crippen molar-refractivity contribution < 1.29 is 9.53 Å². The van der Waals surface area contributed by atoms with Gasteiger partial charge in [0.25, 0.3) is 5.91 Å². The summed E-state index contributed by atoms with van der Waals surface area (Å²) in [6.07, 6.45) is 0.120. The van der Waals surface area contributed by atoms with Crippen molar-refractivity contribution in [2.45, 2.75) is 53.8 Å². The molecule has 6 nitrogen and oxygen atoms in total. The molecule has 1 amide bonds. The molecule has 0 aliphatic rings. The van der Waals surface area contributed by atoms with Crippen molar-refractivity contribution in [2.75, 3.05) is 13.1 Å². The van der Waals surface area contributed by atoms with Gasteiger partial charge < -0.3 is 20.7 Å². The predicted molar refractivity (Wildman–Crippen MR) is 138 cm³/mol. The van der Waals surface area contributed by atoms with Gasteiger partial charge in [-0.3, -0.25) is 4.79 Å². The van der Waals surface area contributed by atoms with Gasteiger partial charge in [-0.25, -0.2) is 4.99 Å². The van der Waals surface area contributed by atoms with Gasteiger partial charge in [-0.15, -0.1) is 24.0 Å². The Labute approximate surface area is 203 Å². The van der Waals surface area contributed by atoms with E-state index in [-0.39, 0.29) is 36.0 Å². The number of carbonyl (C=O) groups is 1. The predicted octanol–water partition coefficient (Wildman–Crippen LogP) is 4.41. The van der Waals surface area contributed by atoms with E-state index in [1.165, 1.54) is 5.56 Å². The van der Waals surface area contributed by atoms with E-state index in [1.807, 2.05) is 52.0 Å². The molecule has 0 spiro atoms. The Morgan fingerprint density at radius 3 is 2.29 bits per heavy atom. The Balaban J connectivity index is 0.00000480. The molecule has 2 aromatic carbocycles. The molecule has 170 valence electrons. The molecule has 0 fully saturated rings. The molecule has 7 heteroatoms. The van der Waals surface area contributed by atoms with E-state index in [0.29, 0.717) is 25.2 Å². The lowest BCUT2D eigenvalue weighted by molar-refractivity contribution is 0.0956. The fraction of sp³-hybridized carbons (Fsp3) is 0.417. The van der Waals surface area contributed by atoms with E-state index in [9.17, 15) is 4.79 Å². The summed E-state index contributed by atoms with van der Waals surface area (Å²) in [6.45, 7) is 12.6. The Morgan fingerprint density at radius 2 is 1.68 bits per heavy atom. The number of nitrogens with zero attached hydrogens (tertiary/aromatic N) is 1. The van der Waals surface area contributed by atoms with Crippen molar-refractivity contribution in [3.8, 4) is 5.75 Å². The maximum Gasteiger partial charge on any atom is 0.251 e. The van der Waals surface area contributed by atoms with Crippen molar-refractivity contribution in [1.82, 2.24) is 16.0 Å². The average Bonchev–Trinajstić information content (AvgIpc) is 2.71. The monoisotopic (exact) mass is 538 g/mol. The Kier molecular flexibility index (Phi) is 12.0. The maximum atomic E-state index is 11.9. The van der Waals surface area contributed by atoms with Crippen LogP contribution in [0, 0.1) is 6.92 Å². The van der Waals surface area contributed by atoms with Gasteiger partial charge in [-0.1, -0.05) is 24.3 Å². The Morgan fingerprint density at radius 1 is 1.00 bits per heavy atom. The minimum Gasteiger partial charge on any atom is -0.491 e. The standard InChI is InChI=1S/C24H34N4O2.HI/c1-6-25-23(29)20-12-9-19(10-13-20)15-27-24(26-7-2)28-16-21-11-8-18(5)14-22(21)30-17(3)4;/h8-14,17H,6-7,15-16H2,1-5H3,(H,25,29)(H2,26,27,28);1H. The van der Waals surface area contributed by atoms with Crippen LogP contribution in [0.4, 0.5) is 0 Å². The molecule has 0 heterocycles. The van der Waals surface area contributed by atoms with Crippen LogP contribution in [0.3, 0.4) is 0 Å². The molecular formula is C24H35IN4O2. The van der Waals surface area contributed by atoms with Crippen molar-refractivity contribution >= 4 is 35.8 Å². The van der Waals surface area contributed by atoms with E-state index in [1.54, 1.807) is 0 Å². The number of rotatable bonds is 9. The molecule has 0 saturated carbocycles. The topological polar surface area (TPSA) is 74.8 Å². The first-order valence-corrected chi connectivity index (χ1v) is 10.6. The fourth-order valence-electron chi connectivity index (χ4n) is 2.89. The van der Waals surface area contributed by atoms with Crippen molar-refractivity contribution in [1.29, 1.82) is 0 Å². The smallest absolute Gasteiger partial charge is 0.251 e. The zero-order valence-electron chi connectivity index (χ0n) is 19.1. The molecule has 0 radical (unpaired) electrons. The third-order valence-electron chi connectivity index (χ3n) is 4.35. The second-order valence-corrected chi connectivity index (χ2v) is 7.38. The summed E-state index contributed by atoms with van der Waals surface area (Å²) >= 11 is 0. The minimum atomic E-state index is -0.0555. The normalized spacial score (nSPS) is 11.0. The third kappa shape index (κ3) is 9.16. The van der Waals surface area contributed by atoms with Gasteiger partial charge in [-0.05, 0) is 63.9 Å². The summed E-state index contributed by atoms with van der Waals surface area (Å²) in [5.74, 6) is 1.58. The van der Waals surface area contributed by atoms with Gasteiger partial charge in [0.1, 0.15) is 5.75 Å². The SMILES string of the molecule is CCNC(=O)c1ccc(CN=C(NCC)NCc2ccc(C)cc2OC(C)C)cc1.I. The van der Waals surface area contributed by atoms with Crippen molar-refractivity contribution in [3.05, 3.63) is 64.7 Å². The molecule has 2 rings (SSSR count). The van der Waals surface area contributed by atoms with Crippen LogP contribution in [0.25, 0.3) is 0 Å². The highest BCUT2D eigenvalue weighted by molar-refractivity contribution is 14.0. The Bertz CT molecular complexity index is 851. The van der Waals surface area contributed by atoms with Crippen LogP contribution in [-0.2, 0) is 13.1 Å². The lowest BCUT2D eigenvalue weighted by Gasteiger charge is -2.17. The van der Waals surface area contributed by atoms with Gasteiger partial charge in [0.05, 0.1) is 12.6 Å². The fourth-order valence-corrected chi connectivity index (χ4v) is 2.89. The number of ether oxygens (including phenoxy) is 1. The van der Waals surface area contributed by atoms with Crippen molar-refractivity contribution in [2.24, 2.45) is 4.99 Å². The molecular weight excluding hydrogens is 503 g/mol. The van der Waals surface area contributed by atoms with E-state index in [2.05, 4.69) is 46.1 Å². The Hall–Kier alpha value is -2.29. The maximum absolute atomic E-state index is 11.9. The number of hydrogen-bond acceptors (Lipinski definition) is 3. The van der Waals surface area contributed by atoms with Crippen LogP contribution in [0.2, 0.25) is 0 Å². The molecule has 2 aromatic rings. The zero-order valence-corrected chi connectivity index (χ0v) is 21.4. The first-order valence-electron chi connectivity index (χ1n) is 10.6. The summed E-state index contributed by atoms with van der Waals surface area (Å²) in [5, 5.41) is 9.46. The molecule has 31 heavy (non-hydrogen) atoms. The number of aliphatic imine (C=N–C) groups is 1. The van der Waals surface area contributed by atoms with Crippen molar-refractivity contribution in [3.63, 3.8) is 0 Å². The quantitative estimate of drug-likeness (QED) is 0.251. The van der Waals surface area contributed by atoms with E-state index in [0.717, 1.165) is 29.4 Å². The van der Waals surface area contributed by atoms with Crippen LogP contribution in [-0.4, -0.2) is 31.1 Å². The van der Waals surface area contributed by atoms with Gasteiger partial charge in [-0.2, -0.15) is 0 Å². The van der Waals surface area contributed by atoms with Crippen LogP contribution in [0.15, 0.2) is 47.5 Å². The summed E-state index contributed by atoms with van der Waals surface area (Å²) < 4.78 is 5.96. The summed E-state index contributed by atoms with van der Waals surface area (Å²) in [6, 6.07) is 13.8. The van der Waals surface area contributed by atoms with Crippen LogP contribution < -0.4 is 20.7 Å². The molecule has 0 bridgehead atoms. The highest BCUT2D eigenvalue weighted by Gasteiger charge is 2.08. The first-order chi connectivity index (χ1) is 14.4. The third-order valence-corrected chi connectivity index (χ3v) is 4.35. The second-order valence-electron chi connectivity index (χ2n) is 7.38. The number of carbonyl (C=O) groups excluding carboxylic acids is 1. The number of benzene rings is 2. The van der Waals surface area contributed by atoms with Crippen LogP contribution in [0.1, 0.15) is 54.7 Å². The van der Waals surface area contributed by atoms with E-state index in [4.69, 9.17) is 4.74 Å². The highest BCUT2D eigenvalue weighted by atomic mass is 127. The van der Waals surface area contributed by atoms with E-state index < -0.39 is 0 Å². The first kappa shape index (κ1) is 26.7. The molecule has 0 saturated heterocycles. The molecule has 0 aliphatic heterocycles. The van der Waals surface area contributed by atoms with E-state index >= 15 is 0 Å². The zero-order chi connectivity index (χ0) is 21.9. The molecule has 0 aromatic heterocycles. The second kappa shape index (κ2) is 13.9. The van der Waals surface area contributed by atoms with Gasteiger partial charge in [0, 0.05) is 30.8 Å².